The van der Waals surface area contributed by atoms with Gasteiger partial charge in [0.25, 0.3) is 5.69 Å². The highest BCUT2D eigenvalue weighted by atomic mass is 32.2. The molecule has 29 heavy (non-hydrogen) atoms. The number of rotatable bonds is 8. The summed E-state index contributed by atoms with van der Waals surface area (Å²) in [4.78, 5) is 35.8. The number of hydrogen-bond donors (Lipinski definition) is 2. The summed E-state index contributed by atoms with van der Waals surface area (Å²) in [6, 6.07) is 5.47. The highest BCUT2D eigenvalue weighted by Gasteiger charge is 2.36. The largest absolute Gasteiger partial charge is 0.466 e. The molecule has 11 heteroatoms. The first kappa shape index (κ1) is 22.2. The van der Waals surface area contributed by atoms with Crippen LogP contribution in [0.2, 0.25) is 0 Å². The summed E-state index contributed by atoms with van der Waals surface area (Å²) in [5.74, 6) is -3.33. The van der Waals surface area contributed by atoms with E-state index < -0.39 is 38.4 Å². The highest BCUT2D eigenvalue weighted by molar-refractivity contribution is 7.90. The predicted octanol–water partition coefficient (Wildman–Crippen LogP) is 1.12. The van der Waals surface area contributed by atoms with Crippen molar-refractivity contribution >= 4 is 27.5 Å². The van der Waals surface area contributed by atoms with Crippen LogP contribution in [0.4, 0.5) is 5.69 Å². The summed E-state index contributed by atoms with van der Waals surface area (Å²) in [5, 5.41) is 13.9. The maximum Gasteiger partial charge on any atom is 0.336 e. The molecule has 0 radical (unpaired) electrons. The number of dihydropyridines is 1. The summed E-state index contributed by atoms with van der Waals surface area (Å²) >= 11 is 0. The van der Waals surface area contributed by atoms with Crippen LogP contribution in [0.5, 0.6) is 0 Å². The molecule has 0 saturated carbocycles. The Bertz CT molecular complexity index is 1010. The average Bonchev–Trinajstić information content (AvgIpc) is 2.66. The Morgan fingerprint density at radius 1 is 1.34 bits per heavy atom. The monoisotopic (exact) mass is 423 g/mol. The van der Waals surface area contributed by atoms with Gasteiger partial charge in [-0.2, -0.15) is 0 Å². The zero-order chi connectivity index (χ0) is 21.8. The molecular weight excluding hydrogens is 402 g/mol. The first-order chi connectivity index (χ1) is 13.6. The van der Waals surface area contributed by atoms with E-state index in [9.17, 15) is 28.1 Å². The maximum atomic E-state index is 12.8. The van der Waals surface area contributed by atoms with Crippen molar-refractivity contribution in [2.75, 3.05) is 19.4 Å². The van der Waals surface area contributed by atoms with Gasteiger partial charge in [-0.15, -0.1) is 0 Å². The van der Waals surface area contributed by atoms with E-state index >= 15 is 0 Å². The Kier molecular flexibility index (Phi) is 6.88. The zero-order valence-electron chi connectivity index (χ0n) is 16.1. The number of carbonyl (C=O) groups is 2. The van der Waals surface area contributed by atoms with Gasteiger partial charge in [0.1, 0.15) is 5.75 Å². The number of ether oxygens (including phenoxy) is 1. The number of hydrogen-bond acceptors (Lipinski definition) is 8. The van der Waals surface area contributed by atoms with Crippen molar-refractivity contribution in [3.05, 3.63) is 63.0 Å². The third-order valence-electron chi connectivity index (χ3n) is 4.27. The Morgan fingerprint density at radius 2 is 2.03 bits per heavy atom. The van der Waals surface area contributed by atoms with Gasteiger partial charge in [0.15, 0.2) is 5.78 Å². The molecule has 2 rings (SSSR count). The molecule has 0 fully saturated rings. The van der Waals surface area contributed by atoms with Crippen LogP contribution in [-0.2, 0) is 24.3 Å². The van der Waals surface area contributed by atoms with Gasteiger partial charge in [-0.05, 0) is 12.5 Å². The molecule has 1 unspecified atom stereocenters. The van der Waals surface area contributed by atoms with Gasteiger partial charge < -0.3 is 10.1 Å². The summed E-state index contributed by atoms with van der Waals surface area (Å²) in [5.41, 5.74) is 0.507. The fourth-order valence-electron chi connectivity index (χ4n) is 3.03. The number of ketones is 1. The number of nitro groups is 1. The van der Waals surface area contributed by atoms with Crippen LogP contribution in [0, 0.1) is 10.1 Å². The number of Topliss-reactive ketones (excluding diaryl/α,β-unsaturated/α-hetero) is 1. The number of nitro benzene ring substituents is 1. The SMILES string of the molecule is CCNS(=O)(=O)CC(=O)C1=CNC(C)=C(C(=O)OC)C1c1cccc([N+](=O)[O-])c1. The van der Waals surface area contributed by atoms with E-state index in [1.807, 2.05) is 0 Å². The van der Waals surface area contributed by atoms with E-state index in [2.05, 4.69) is 10.0 Å². The first-order valence-corrected chi connectivity index (χ1v) is 10.3. The number of methoxy groups -OCH3 is 1. The van der Waals surface area contributed by atoms with Crippen LogP contribution < -0.4 is 10.0 Å². The molecule has 1 aromatic rings. The maximum absolute atomic E-state index is 12.8. The third-order valence-corrected chi connectivity index (χ3v) is 5.65. The fraction of sp³-hybridized carbons (Fsp3) is 0.333. The summed E-state index contributed by atoms with van der Waals surface area (Å²) < 4.78 is 31.1. The molecule has 0 aromatic heterocycles. The molecule has 0 aliphatic carbocycles. The van der Waals surface area contributed by atoms with Gasteiger partial charge >= 0.3 is 5.97 Å². The molecule has 1 atom stereocenters. The van der Waals surface area contributed by atoms with Crippen molar-refractivity contribution in [2.45, 2.75) is 19.8 Å². The van der Waals surface area contributed by atoms with E-state index in [-0.39, 0.29) is 23.4 Å². The number of benzene rings is 1. The van der Waals surface area contributed by atoms with E-state index in [1.54, 1.807) is 13.8 Å². The van der Waals surface area contributed by atoms with Gasteiger partial charge in [0, 0.05) is 42.1 Å². The van der Waals surface area contributed by atoms with Crippen LogP contribution in [0.1, 0.15) is 25.3 Å². The van der Waals surface area contributed by atoms with E-state index in [4.69, 9.17) is 4.74 Å². The number of nitrogens with one attached hydrogen (secondary N) is 2. The molecule has 0 amide bonds. The lowest BCUT2D eigenvalue weighted by atomic mass is 9.80. The second-order valence-electron chi connectivity index (χ2n) is 6.24. The van der Waals surface area contributed by atoms with Crippen molar-refractivity contribution in [3.63, 3.8) is 0 Å². The van der Waals surface area contributed by atoms with Crippen molar-refractivity contribution in [1.82, 2.24) is 10.0 Å². The molecule has 1 heterocycles. The minimum atomic E-state index is -3.87. The van der Waals surface area contributed by atoms with Crippen molar-refractivity contribution in [1.29, 1.82) is 0 Å². The van der Waals surface area contributed by atoms with Crippen LogP contribution in [0.15, 0.2) is 47.3 Å². The smallest absolute Gasteiger partial charge is 0.336 e. The number of esters is 1. The van der Waals surface area contributed by atoms with E-state index in [1.165, 1.54) is 37.6 Å². The lowest BCUT2D eigenvalue weighted by Crippen LogP contribution is -2.34. The Balaban J connectivity index is 2.58. The molecule has 1 aliphatic rings. The zero-order valence-corrected chi connectivity index (χ0v) is 16.9. The lowest BCUT2D eigenvalue weighted by molar-refractivity contribution is -0.384. The Morgan fingerprint density at radius 3 is 2.62 bits per heavy atom. The van der Waals surface area contributed by atoms with Crippen molar-refractivity contribution < 1.29 is 27.7 Å². The van der Waals surface area contributed by atoms with Gasteiger partial charge in [-0.1, -0.05) is 19.1 Å². The fourth-order valence-corrected chi connectivity index (χ4v) is 4.09. The normalized spacial score (nSPS) is 16.7. The topological polar surface area (TPSA) is 145 Å². The molecule has 0 bridgehead atoms. The van der Waals surface area contributed by atoms with Crippen molar-refractivity contribution in [3.8, 4) is 0 Å². The third kappa shape index (κ3) is 5.06. The number of carbonyl (C=O) groups excluding carboxylic acids is 2. The Labute approximate surface area is 167 Å². The second kappa shape index (κ2) is 8.97. The van der Waals surface area contributed by atoms with Crippen molar-refractivity contribution in [2.24, 2.45) is 0 Å². The van der Waals surface area contributed by atoms with Gasteiger partial charge in [-0.25, -0.2) is 17.9 Å². The molecular formula is C18H21N3O7S. The molecule has 1 aliphatic heterocycles. The summed E-state index contributed by atoms with van der Waals surface area (Å²) in [7, 11) is -2.70. The highest BCUT2D eigenvalue weighted by Crippen LogP contribution is 2.38. The molecule has 0 saturated heterocycles. The van der Waals surface area contributed by atoms with Crippen LogP contribution in [-0.4, -0.2) is 44.5 Å². The van der Waals surface area contributed by atoms with E-state index in [0.717, 1.165) is 0 Å². The molecule has 156 valence electrons. The standard InChI is InChI=1S/C18H21N3O7S/c1-4-20-29(26,27)10-15(22)14-9-19-11(2)16(18(23)28-3)17(14)12-6-5-7-13(8-12)21(24)25/h5-9,17,19-20H,4,10H2,1-3H3. The summed E-state index contributed by atoms with van der Waals surface area (Å²) in [6.07, 6.45) is 1.31. The van der Waals surface area contributed by atoms with Gasteiger partial charge in [0.2, 0.25) is 10.0 Å². The molecule has 1 aromatic carbocycles. The minimum Gasteiger partial charge on any atom is -0.466 e. The average molecular weight is 423 g/mol. The number of nitrogens with zero attached hydrogens (tertiary/aromatic N) is 1. The predicted molar refractivity (Wildman–Crippen MR) is 104 cm³/mol. The Hall–Kier alpha value is -3.05. The van der Waals surface area contributed by atoms with E-state index in [0.29, 0.717) is 11.3 Å². The molecule has 0 spiro atoms. The number of non-ortho nitro benzene ring substituents is 1. The molecule has 2 N–H and O–H groups in total. The first-order valence-electron chi connectivity index (χ1n) is 8.61. The van der Waals surface area contributed by atoms with Crippen LogP contribution in [0.3, 0.4) is 0 Å². The second-order valence-corrected chi connectivity index (χ2v) is 8.05. The van der Waals surface area contributed by atoms with Gasteiger partial charge in [-0.3, -0.25) is 14.9 Å². The lowest BCUT2D eigenvalue weighted by Gasteiger charge is -2.27. The number of sulfonamides is 1. The summed E-state index contributed by atoms with van der Waals surface area (Å²) in [6.45, 7) is 3.29. The van der Waals surface area contributed by atoms with Gasteiger partial charge in [0.05, 0.1) is 17.6 Å². The van der Waals surface area contributed by atoms with Crippen LogP contribution >= 0.6 is 0 Å². The number of allylic oxidation sites excluding steroid dienone is 2. The van der Waals surface area contributed by atoms with Crippen LogP contribution in [0.25, 0.3) is 0 Å². The quantitative estimate of drug-likeness (QED) is 0.359. The molecule has 10 nitrogen and oxygen atoms in total. The minimum absolute atomic E-state index is 0.0158.